The standard InChI is InChI=1S/C23H17ClFN3O5S2/c1-33-20(29)13-28-21-18(25)6-3-7-19(21)34-23(28)26-22(30)14-4-2-5-16(12-14)27-35(31,32)17-10-8-15(24)9-11-17/h2-12,27H,13H2,1H3. The van der Waals surface area contributed by atoms with E-state index in [9.17, 15) is 22.4 Å². The predicted octanol–water partition coefficient (Wildman–Crippen LogP) is 4.21. The minimum atomic E-state index is -3.92. The minimum Gasteiger partial charge on any atom is -0.468 e. The first-order valence-corrected chi connectivity index (χ1v) is 12.7. The van der Waals surface area contributed by atoms with Gasteiger partial charge in [0.15, 0.2) is 4.80 Å². The minimum absolute atomic E-state index is 0.000489. The van der Waals surface area contributed by atoms with Crippen LogP contribution in [0, 0.1) is 5.82 Å². The fourth-order valence-electron chi connectivity index (χ4n) is 3.21. The Morgan fingerprint density at radius 3 is 2.54 bits per heavy atom. The zero-order chi connectivity index (χ0) is 25.2. The topological polar surface area (TPSA) is 107 Å². The summed E-state index contributed by atoms with van der Waals surface area (Å²) in [6.07, 6.45) is 0. The highest BCUT2D eigenvalue weighted by molar-refractivity contribution is 7.92. The molecule has 0 aliphatic carbocycles. The van der Waals surface area contributed by atoms with Crippen LogP contribution in [0.4, 0.5) is 10.1 Å². The van der Waals surface area contributed by atoms with Crippen molar-refractivity contribution in [3.63, 3.8) is 0 Å². The van der Waals surface area contributed by atoms with Gasteiger partial charge in [0.25, 0.3) is 15.9 Å². The van der Waals surface area contributed by atoms with Crippen molar-refractivity contribution in [3.8, 4) is 0 Å². The highest BCUT2D eigenvalue weighted by atomic mass is 35.5. The number of aromatic nitrogens is 1. The first kappa shape index (κ1) is 24.6. The second-order valence-corrected chi connectivity index (χ2v) is 10.3. The van der Waals surface area contributed by atoms with Crippen molar-refractivity contribution in [2.75, 3.05) is 11.8 Å². The molecule has 0 bridgehead atoms. The number of methoxy groups -OCH3 is 1. The van der Waals surface area contributed by atoms with E-state index in [1.54, 1.807) is 6.07 Å². The van der Waals surface area contributed by atoms with Crippen LogP contribution >= 0.6 is 22.9 Å². The van der Waals surface area contributed by atoms with Crippen molar-refractivity contribution in [2.45, 2.75) is 11.4 Å². The van der Waals surface area contributed by atoms with Crippen LogP contribution in [0.1, 0.15) is 10.4 Å². The molecule has 0 unspecified atom stereocenters. The summed E-state index contributed by atoms with van der Waals surface area (Å²) in [7, 11) is -2.72. The number of sulfonamides is 1. The third-order valence-electron chi connectivity index (χ3n) is 4.85. The third kappa shape index (κ3) is 5.42. The van der Waals surface area contributed by atoms with E-state index in [1.807, 2.05) is 0 Å². The zero-order valence-corrected chi connectivity index (χ0v) is 20.5. The van der Waals surface area contributed by atoms with Gasteiger partial charge in [0.1, 0.15) is 12.4 Å². The second kappa shape index (κ2) is 9.98. The lowest BCUT2D eigenvalue weighted by molar-refractivity contribution is -0.141. The molecule has 4 aromatic rings. The van der Waals surface area contributed by atoms with Gasteiger partial charge in [0, 0.05) is 16.3 Å². The molecule has 0 radical (unpaired) electrons. The van der Waals surface area contributed by atoms with Crippen LogP contribution in [0.2, 0.25) is 5.02 Å². The van der Waals surface area contributed by atoms with Gasteiger partial charge in [-0.05, 0) is 54.6 Å². The quantitative estimate of drug-likeness (QED) is 0.374. The number of thiazole rings is 1. The second-order valence-electron chi connectivity index (χ2n) is 7.19. The van der Waals surface area contributed by atoms with Gasteiger partial charge in [-0.3, -0.25) is 14.3 Å². The number of anilines is 1. The van der Waals surface area contributed by atoms with Crippen LogP contribution in [0.5, 0.6) is 0 Å². The van der Waals surface area contributed by atoms with E-state index in [4.69, 9.17) is 11.6 Å². The SMILES string of the molecule is COC(=O)Cn1c(=NC(=O)c2cccc(NS(=O)(=O)c3ccc(Cl)cc3)c2)sc2cccc(F)c21. The zero-order valence-electron chi connectivity index (χ0n) is 18.1. The van der Waals surface area contributed by atoms with E-state index in [0.29, 0.717) is 9.72 Å². The highest BCUT2D eigenvalue weighted by Crippen LogP contribution is 2.22. The van der Waals surface area contributed by atoms with Crippen LogP contribution in [-0.4, -0.2) is 32.0 Å². The number of carbonyl (C=O) groups is 2. The van der Waals surface area contributed by atoms with Crippen LogP contribution in [0.3, 0.4) is 0 Å². The van der Waals surface area contributed by atoms with E-state index in [-0.39, 0.29) is 33.0 Å². The number of rotatable bonds is 6. The molecule has 0 saturated carbocycles. The summed E-state index contributed by atoms with van der Waals surface area (Å²) >= 11 is 6.85. The lowest BCUT2D eigenvalue weighted by atomic mass is 10.2. The van der Waals surface area contributed by atoms with E-state index >= 15 is 0 Å². The summed E-state index contributed by atoms with van der Waals surface area (Å²) in [5.74, 6) is -1.92. The first-order valence-electron chi connectivity index (χ1n) is 10.00. The summed E-state index contributed by atoms with van der Waals surface area (Å²) in [5.41, 5.74) is 0.355. The molecule has 0 spiro atoms. The summed E-state index contributed by atoms with van der Waals surface area (Å²) in [5, 5.41) is 0.392. The van der Waals surface area contributed by atoms with Crippen molar-refractivity contribution >= 4 is 60.7 Å². The Labute approximate surface area is 208 Å². The van der Waals surface area contributed by atoms with Crippen LogP contribution in [-0.2, 0) is 26.1 Å². The Bertz CT molecular complexity index is 1610. The molecule has 3 aromatic carbocycles. The molecule has 4 rings (SSSR count). The number of para-hydroxylation sites is 1. The average Bonchev–Trinajstić information content (AvgIpc) is 3.17. The normalized spacial score (nSPS) is 12.0. The van der Waals surface area contributed by atoms with Gasteiger partial charge in [-0.15, -0.1) is 0 Å². The number of halogens is 2. The van der Waals surface area contributed by atoms with Gasteiger partial charge in [0.05, 0.1) is 22.2 Å². The molecule has 0 aliphatic rings. The van der Waals surface area contributed by atoms with Gasteiger partial charge in [0.2, 0.25) is 0 Å². The molecular formula is C23H17ClFN3O5S2. The summed E-state index contributed by atoms with van der Waals surface area (Å²) in [6.45, 7) is -0.343. The molecular weight excluding hydrogens is 517 g/mol. The number of hydrogen-bond donors (Lipinski definition) is 1. The van der Waals surface area contributed by atoms with Gasteiger partial charge in [-0.1, -0.05) is 35.1 Å². The predicted molar refractivity (Wildman–Crippen MR) is 130 cm³/mol. The number of carbonyl (C=O) groups excluding carboxylic acids is 2. The van der Waals surface area contributed by atoms with Gasteiger partial charge in [-0.25, -0.2) is 12.8 Å². The molecule has 0 saturated heterocycles. The maximum atomic E-state index is 14.5. The van der Waals surface area contributed by atoms with Crippen molar-refractivity contribution in [2.24, 2.45) is 4.99 Å². The van der Waals surface area contributed by atoms with Gasteiger partial charge in [-0.2, -0.15) is 4.99 Å². The molecule has 0 fully saturated rings. The van der Waals surface area contributed by atoms with E-state index in [0.717, 1.165) is 11.3 Å². The molecule has 1 amide bonds. The lowest BCUT2D eigenvalue weighted by Gasteiger charge is -2.09. The number of ether oxygens (including phenoxy) is 1. The third-order valence-corrected chi connectivity index (χ3v) is 7.54. The average molecular weight is 534 g/mol. The van der Waals surface area contributed by atoms with Gasteiger partial charge >= 0.3 is 5.97 Å². The number of hydrogen-bond acceptors (Lipinski definition) is 6. The summed E-state index contributed by atoms with van der Waals surface area (Å²) < 4.78 is 48.6. The fourth-order valence-corrected chi connectivity index (χ4v) is 5.43. The number of benzene rings is 3. The number of amides is 1. The van der Waals surface area contributed by atoms with Crippen LogP contribution in [0.25, 0.3) is 10.2 Å². The molecule has 1 heterocycles. The van der Waals surface area contributed by atoms with Crippen molar-refractivity contribution in [1.82, 2.24) is 4.57 Å². The van der Waals surface area contributed by atoms with Crippen LogP contribution < -0.4 is 9.52 Å². The molecule has 0 atom stereocenters. The van der Waals surface area contributed by atoms with Crippen LogP contribution in [0.15, 0.2) is 76.6 Å². The highest BCUT2D eigenvalue weighted by Gasteiger charge is 2.17. The molecule has 0 aliphatic heterocycles. The number of nitrogens with zero attached hydrogens (tertiary/aromatic N) is 2. The maximum absolute atomic E-state index is 14.5. The van der Waals surface area contributed by atoms with Gasteiger partial charge < -0.3 is 9.30 Å². The Kier molecular flexibility index (Phi) is 7.01. The van der Waals surface area contributed by atoms with Crippen molar-refractivity contribution in [3.05, 3.63) is 87.9 Å². The molecule has 1 aromatic heterocycles. The molecule has 8 nitrogen and oxygen atoms in total. The number of fused-ring (bicyclic) bond motifs is 1. The fraction of sp³-hybridized carbons (Fsp3) is 0.0870. The molecule has 12 heteroatoms. The summed E-state index contributed by atoms with van der Waals surface area (Å²) in [4.78, 5) is 29.0. The Morgan fingerprint density at radius 1 is 1.11 bits per heavy atom. The lowest BCUT2D eigenvalue weighted by Crippen LogP contribution is -2.23. The molecule has 180 valence electrons. The monoisotopic (exact) mass is 533 g/mol. The van der Waals surface area contributed by atoms with E-state index in [1.165, 1.54) is 72.3 Å². The Balaban J connectivity index is 1.69. The Morgan fingerprint density at radius 2 is 1.83 bits per heavy atom. The smallest absolute Gasteiger partial charge is 0.325 e. The van der Waals surface area contributed by atoms with E-state index < -0.39 is 27.7 Å². The van der Waals surface area contributed by atoms with Crippen molar-refractivity contribution < 1.29 is 27.1 Å². The number of esters is 1. The van der Waals surface area contributed by atoms with E-state index in [2.05, 4.69) is 14.5 Å². The molecule has 35 heavy (non-hydrogen) atoms. The first-order chi connectivity index (χ1) is 16.7. The Hall–Kier alpha value is -3.54. The summed E-state index contributed by atoms with van der Waals surface area (Å²) in [6, 6.07) is 15.8. The maximum Gasteiger partial charge on any atom is 0.325 e. The number of nitrogens with one attached hydrogen (secondary N) is 1. The van der Waals surface area contributed by atoms with Crippen molar-refractivity contribution in [1.29, 1.82) is 0 Å². The largest absolute Gasteiger partial charge is 0.468 e. The molecule has 1 N–H and O–H groups in total.